The van der Waals surface area contributed by atoms with Gasteiger partial charge in [0.2, 0.25) is 0 Å². The molecule has 0 heterocycles. The Morgan fingerprint density at radius 3 is 1.46 bits per heavy atom. The Hall–Kier alpha value is 0.0300. The number of aliphatic hydroxyl groups excluding tert-OH is 1. The van der Waals surface area contributed by atoms with E-state index < -0.39 is 7.82 Å². The largest absolute Gasteiger partial charge is 0.466 e. The van der Waals surface area contributed by atoms with Crippen LogP contribution >= 0.6 is 7.82 Å². The molecule has 0 aliphatic carbocycles. The van der Waals surface area contributed by atoms with Crippen LogP contribution in [0.5, 0.6) is 0 Å². The molecule has 6 nitrogen and oxygen atoms in total. The molecule has 0 aliphatic rings. The third-order valence-electron chi connectivity index (χ3n) is 3.65. The number of rotatable bonds is 13. The minimum Gasteiger partial charge on any atom is -0.387 e. The van der Waals surface area contributed by atoms with Crippen LogP contribution in [0.1, 0.15) is 77.6 Å². The molecule has 0 aromatic carbocycles. The van der Waals surface area contributed by atoms with Gasteiger partial charge in [-0.15, -0.1) is 0 Å². The number of quaternary nitrogens is 1. The van der Waals surface area contributed by atoms with Crippen molar-refractivity contribution in [3.8, 4) is 0 Å². The maximum Gasteiger partial charge on any atom is 0.466 e. The van der Waals surface area contributed by atoms with Gasteiger partial charge in [-0.2, -0.15) is 0 Å². The standard InChI is InChI=1S/C17H38NO.H3O4P/c1-5-6-7-8-9-10-11-12-13-14-15-17(19)16-18(2,3)4;1-5(2,3)4/h17,19H,5-16H2,1-4H3;(H3,1,2,3,4)/q+1;. The lowest BCUT2D eigenvalue weighted by Gasteiger charge is -2.26. The highest BCUT2D eigenvalue weighted by atomic mass is 31.2. The van der Waals surface area contributed by atoms with E-state index in [-0.39, 0.29) is 6.10 Å². The second-order valence-corrected chi connectivity index (χ2v) is 8.64. The number of hydrogen-bond acceptors (Lipinski definition) is 2. The van der Waals surface area contributed by atoms with Gasteiger partial charge in [0.25, 0.3) is 0 Å². The zero-order valence-electron chi connectivity index (χ0n) is 16.2. The zero-order chi connectivity index (χ0) is 19.1. The molecule has 0 amide bonds. The molecule has 148 valence electrons. The number of unbranched alkanes of at least 4 members (excludes halogenated alkanes) is 9. The van der Waals surface area contributed by atoms with E-state index in [4.69, 9.17) is 19.2 Å². The fourth-order valence-corrected chi connectivity index (χ4v) is 2.59. The minimum atomic E-state index is -4.64. The quantitative estimate of drug-likeness (QED) is 0.226. The lowest BCUT2D eigenvalue weighted by molar-refractivity contribution is -0.873. The van der Waals surface area contributed by atoms with Gasteiger partial charge in [0, 0.05) is 0 Å². The molecule has 1 atom stereocenters. The highest BCUT2D eigenvalue weighted by Crippen LogP contribution is 2.25. The molecule has 1 unspecified atom stereocenters. The van der Waals surface area contributed by atoms with E-state index in [0.717, 1.165) is 17.4 Å². The molecule has 7 heteroatoms. The summed E-state index contributed by atoms with van der Waals surface area (Å²) in [6, 6.07) is 0. The van der Waals surface area contributed by atoms with E-state index in [2.05, 4.69) is 28.1 Å². The molecule has 0 saturated heterocycles. The van der Waals surface area contributed by atoms with Gasteiger partial charge in [0.15, 0.2) is 0 Å². The lowest BCUT2D eigenvalue weighted by Crippen LogP contribution is -2.41. The van der Waals surface area contributed by atoms with E-state index >= 15 is 0 Å². The van der Waals surface area contributed by atoms with Crippen LogP contribution in [0, 0.1) is 0 Å². The predicted octanol–water partition coefficient (Wildman–Crippen LogP) is 3.44. The summed E-state index contributed by atoms with van der Waals surface area (Å²) in [6.07, 6.45) is 14.5. The molecule has 0 bridgehead atoms. The normalized spacial score (nSPS) is 13.3. The third kappa shape index (κ3) is 33.6. The van der Waals surface area contributed by atoms with Crippen molar-refractivity contribution in [2.45, 2.75) is 83.7 Å². The van der Waals surface area contributed by atoms with Gasteiger partial charge in [0.1, 0.15) is 12.6 Å². The maximum absolute atomic E-state index is 9.89. The van der Waals surface area contributed by atoms with Crippen molar-refractivity contribution < 1.29 is 28.8 Å². The maximum atomic E-state index is 9.89. The van der Waals surface area contributed by atoms with E-state index in [9.17, 15) is 5.11 Å². The molecule has 0 rings (SSSR count). The molecule has 0 fully saturated rings. The van der Waals surface area contributed by atoms with Crippen molar-refractivity contribution in [2.75, 3.05) is 27.7 Å². The van der Waals surface area contributed by atoms with Crippen molar-refractivity contribution >= 4 is 7.82 Å². The fourth-order valence-electron chi connectivity index (χ4n) is 2.59. The van der Waals surface area contributed by atoms with Gasteiger partial charge in [-0.3, -0.25) is 0 Å². The average Bonchev–Trinajstić information content (AvgIpc) is 2.37. The molecule has 0 aliphatic heterocycles. The first kappa shape index (κ1) is 26.3. The molecule has 0 radical (unpaired) electrons. The van der Waals surface area contributed by atoms with Crippen LogP contribution < -0.4 is 0 Å². The Morgan fingerprint density at radius 1 is 0.792 bits per heavy atom. The zero-order valence-corrected chi connectivity index (χ0v) is 17.0. The summed E-state index contributed by atoms with van der Waals surface area (Å²) in [5.74, 6) is 0. The van der Waals surface area contributed by atoms with Crippen molar-refractivity contribution in [3.05, 3.63) is 0 Å². The first-order valence-corrected chi connectivity index (χ1v) is 10.8. The van der Waals surface area contributed by atoms with Gasteiger partial charge in [-0.25, -0.2) is 4.57 Å². The van der Waals surface area contributed by atoms with Crippen molar-refractivity contribution in [1.29, 1.82) is 0 Å². The van der Waals surface area contributed by atoms with Crippen LogP contribution in [-0.4, -0.2) is 58.1 Å². The third-order valence-corrected chi connectivity index (χ3v) is 3.65. The monoisotopic (exact) mass is 370 g/mol. The summed E-state index contributed by atoms with van der Waals surface area (Å²) in [7, 11) is 1.78. The van der Waals surface area contributed by atoms with E-state index in [1.54, 1.807) is 0 Å². The van der Waals surface area contributed by atoms with Crippen LogP contribution in [0.2, 0.25) is 0 Å². The number of phosphoric acid groups is 1. The second kappa shape index (κ2) is 15.3. The van der Waals surface area contributed by atoms with Crippen LogP contribution in [0.4, 0.5) is 0 Å². The minimum absolute atomic E-state index is 0.117. The van der Waals surface area contributed by atoms with Gasteiger partial charge >= 0.3 is 7.82 Å². The van der Waals surface area contributed by atoms with Gasteiger partial charge < -0.3 is 24.3 Å². The summed E-state index contributed by atoms with van der Waals surface area (Å²) < 4.78 is 9.74. The van der Waals surface area contributed by atoms with E-state index in [0.29, 0.717) is 0 Å². The summed E-state index contributed by atoms with van der Waals surface area (Å²) in [5, 5.41) is 9.89. The van der Waals surface area contributed by atoms with E-state index in [1.165, 1.54) is 64.2 Å². The van der Waals surface area contributed by atoms with Gasteiger partial charge in [0.05, 0.1) is 21.1 Å². The van der Waals surface area contributed by atoms with Gasteiger partial charge in [-0.1, -0.05) is 71.1 Å². The molecule has 4 N–H and O–H groups in total. The number of likely N-dealkylation sites (N-methyl/N-ethyl adjacent to an activating group) is 1. The van der Waals surface area contributed by atoms with Crippen molar-refractivity contribution in [2.24, 2.45) is 0 Å². The molecular formula is C17H41NO5P+. The van der Waals surface area contributed by atoms with Crippen molar-refractivity contribution in [3.63, 3.8) is 0 Å². The summed E-state index contributed by atoms with van der Waals surface area (Å²) in [5.41, 5.74) is 0. The Kier molecular flexibility index (Phi) is 16.7. The Bertz CT molecular complexity index is 306. The smallest absolute Gasteiger partial charge is 0.387 e. The first-order valence-electron chi connectivity index (χ1n) is 9.22. The van der Waals surface area contributed by atoms with Crippen LogP contribution in [0.15, 0.2) is 0 Å². The Labute approximate surface area is 148 Å². The summed E-state index contributed by atoms with van der Waals surface area (Å²) >= 11 is 0. The average molecular weight is 370 g/mol. The summed E-state index contributed by atoms with van der Waals surface area (Å²) in [4.78, 5) is 21.6. The lowest BCUT2D eigenvalue weighted by atomic mass is 10.0. The van der Waals surface area contributed by atoms with Crippen molar-refractivity contribution in [1.82, 2.24) is 0 Å². The number of hydrogen-bond donors (Lipinski definition) is 4. The molecule has 0 spiro atoms. The molecular weight excluding hydrogens is 329 g/mol. The number of aliphatic hydroxyl groups is 1. The molecule has 0 aromatic heterocycles. The van der Waals surface area contributed by atoms with Crippen LogP contribution in [-0.2, 0) is 4.57 Å². The first-order chi connectivity index (χ1) is 11.0. The van der Waals surface area contributed by atoms with Crippen LogP contribution in [0.25, 0.3) is 0 Å². The fraction of sp³-hybridized carbons (Fsp3) is 1.00. The second-order valence-electron chi connectivity index (χ2n) is 7.61. The Morgan fingerprint density at radius 2 is 1.12 bits per heavy atom. The predicted molar refractivity (Wildman–Crippen MR) is 99.6 cm³/mol. The topological polar surface area (TPSA) is 98.0 Å². The van der Waals surface area contributed by atoms with Gasteiger partial charge in [-0.05, 0) is 6.42 Å². The van der Waals surface area contributed by atoms with Crippen LogP contribution in [0.3, 0.4) is 0 Å². The Balaban J connectivity index is 0. The summed E-state index contributed by atoms with van der Waals surface area (Å²) in [6.45, 7) is 3.14. The molecule has 24 heavy (non-hydrogen) atoms. The molecule has 0 saturated carbocycles. The number of nitrogens with zero attached hydrogens (tertiary/aromatic N) is 1. The molecule has 0 aromatic rings. The SMILES string of the molecule is CCCCCCCCCCCCC(O)C[N+](C)(C)C.O=P(O)(O)O. The highest BCUT2D eigenvalue weighted by molar-refractivity contribution is 7.45. The highest BCUT2D eigenvalue weighted by Gasteiger charge is 2.14. The van der Waals surface area contributed by atoms with E-state index in [1.807, 2.05) is 0 Å².